The lowest BCUT2D eigenvalue weighted by atomic mass is 10.1. The molecule has 0 bridgehead atoms. The van der Waals surface area contributed by atoms with Crippen molar-refractivity contribution in [2.75, 3.05) is 0 Å². The quantitative estimate of drug-likeness (QED) is 0.256. The number of nitrogens with one attached hydrogen (secondary N) is 1. The van der Waals surface area contributed by atoms with Crippen LogP contribution in [0.2, 0.25) is 0 Å². The minimum absolute atomic E-state index is 0.106. The molecule has 2 rings (SSSR count). The van der Waals surface area contributed by atoms with Crippen molar-refractivity contribution in [2.24, 2.45) is 0 Å². The molecule has 1 atom stereocenters. The molecule has 0 unspecified atom stereocenters. The predicted octanol–water partition coefficient (Wildman–Crippen LogP) is 4.88. The molecule has 0 heterocycles. The van der Waals surface area contributed by atoms with Crippen molar-refractivity contribution in [1.82, 2.24) is 5.32 Å². The van der Waals surface area contributed by atoms with Gasteiger partial charge >= 0.3 is 0 Å². The minimum atomic E-state index is -0.974. The van der Waals surface area contributed by atoms with Gasteiger partial charge in [0.05, 0.1) is 11.0 Å². The molecule has 0 aliphatic rings. The average Bonchev–Trinajstić information content (AvgIpc) is 2.54. The molecule has 9 heteroatoms. The molecule has 25 heavy (non-hydrogen) atoms. The highest BCUT2D eigenvalue weighted by molar-refractivity contribution is 9.39. The fourth-order valence-corrected chi connectivity index (χ4v) is 2.52. The molecule has 2 aromatic carbocycles. The van der Waals surface area contributed by atoms with Crippen LogP contribution < -0.4 is 10.1 Å². The summed E-state index contributed by atoms with van der Waals surface area (Å²) in [6, 6.07) is 12.8. The van der Waals surface area contributed by atoms with E-state index >= 15 is 0 Å². The van der Waals surface area contributed by atoms with Gasteiger partial charge in [0.2, 0.25) is 6.23 Å². The molecular weight excluding hydrogens is 524 g/mol. The number of amides is 1. The number of carbonyl (C=O) groups excluding carboxylic acids is 1. The molecule has 132 valence electrons. The highest BCUT2D eigenvalue weighted by Gasteiger charge is 2.35. The number of alkyl halides is 3. The van der Waals surface area contributed by atoms with Crippen molar-refractivity contribution in [3.63, 3.8) is 0 Å². The van der Waals surface area contributed by atoms with Crippen molar-refractivity contribution >= 4 is 59.4 Å². The SMILES string of the molecule is Cc1ccc(C(=O)N[C@@H](Oc2cccc([N+](=O)[O-])c2)C(Br)(Br)Br)cc1. The van der Waals surface area contributed by atoms with Crippen LogP contribution in [-0.4, -0.2) is 19.2 Å². The van der Waals surface area contributed by atoms with Gasteiger partial charge in [-0.05, 0) is 25.1 Å². The monoisotopic (exact) mass is 534 g/mol. The average molecular weight is 537 g/mol. The number of rotatable bonds is 5. The number of benzene rings is 2. The van der Waals surface area contributed by atoms with Crippen molar-refractivity contribution < 1.29 is 14.5 Å². The van der Waals surface area contributed by atoms with Crippen molar-refractivity contribution in [2.45, 2.75) is 15.3 Å². The summed E-state index contributed by atoms with van der Waals surface area (Å²) >= 11 is 9.97. The third-order valence-corrected chi connectivity index (χ3v) is 4.40. The van der Waals surface area contributed by atoms with Crippen molar-refractivity contribution in [3.8, 4) is 5.75 Å². The largest absolute Gasteiger partial charge is 0.467 e. The van der Waals surface area contributed by atoms with Crippen LogP contribution in [0.1, 0.15) is 15.9 Å². The van der Waals surface area contributed by atoms with Gasteiger partial charge in [0.15, 0.2) is 2.14 Å². The molecule has 1 N–H and O–H groups in total. The van der Waals surface area contributed by atoms with E-state index in [-0.39, 0.29) is 17.3 Å². The summed E-state index contributed by atoms with van der Waals surface area (Å²) in [4.78, 5) is 22.8. The van der Waals surface area contributed by atoms with Gasteiger partial charge in [-0.1, -0.05) is 71.6 Å². The van der Waals surface area contributed by atoms with E-state index in [1.54, 1.807) is 18.2 Å². The number of ether oxygens (including phenoxy) is 1. The number of non-ortho nitro benzene ring substituents is 1. The maximum absolute atomic E-state index is 12.4. The van der Waals surface area contributed by atoms with Gasteiger partial charge in [-0.2, -0.15) is 0 Å². The fourth-order valence-electron chi connectivity index (χ4n) is 1.89. The molecule has 0 aliphatic heterocycles. The minimum Gasteiger partial charge on any atom is -0.467 e. The summed E-state index contributed by atoms with van der Waals surface area (Å²) < 4.78 is 4.73. The number of halogens is 3. The number of aryl methyl sites for hydroxylation is 1. The lowest BCUT2D eigenvalue weighted by molar-refractivity contribution is -0.384. The summed E-state index contributed by atoms with van der Waals surface area (Å²) in [5, 5.41) is 13.6. The van der Waals surface area contributed by atoms with Crippen LogP contribution in [0.5, 0.6) is 5.75 Å². The highest BCUT2D eigenvalue weighted by atomic mass is 80.0. The molecule has 1 amide bonds. The van der Waals surface area contributed by atoms with Crippen LogP contribution in [0.3, 0.4) is 0 Å². The summed E-state index contributed by atoms with van der Waals surface area (Å²) in [5.41, 5.74) is 1.40. The molecule has 0 aromatic heterocycles. The molecule has 0 aliphatic carbocycles. The smallest absolute Gasteiger partial charge is 0.273 e. The van der Waals surface area contributed by atoms with Crippen molar-refractivity contribution in [3.05, 3.63) is 69.8 Å². The first-order valence-corrected chi connectivity index (χ1v) is 9.40. The van der Waals surface area contributed by atoms with Crippen molar-refractivity contribution in [1.29, 1.82) is 0 Å². The number of hydrogen-bond acceptors (Lipinski definition) is 4. The third-order valence-electron chi connectivity index (χ3n) is 3.16. The second kappa shape index (κ2) is 8.29. The second-order valence-electron chi connectivity index (χ2n) is 5.13. The van der Waals surface area contributed by atoms with Gasteiger partial charge < -0.3 is 10.1 Å². The molecular formula is C16H13Br3N2O4. The van der Waals surface area contributed by atoms with Crippen LogP contribution in [0, 0.1) is 17.0 Å². The fraction of sp³-hybridized carbons (Fsp3) is 0.188. The van der Waals surface area contributed by atoms with E-state index in [0.29, 0.717) is 5.56 Å². The van der Waals surface area contributed by atoms with E-state index < -0.39 is 13.3 Å². The number of hydrogen-bond donors (Lipinski definition) is 1. The highest BCUT2D eigenvalue weighted by Crippen LogP contribution is 2.38. The Morgan fingerprint density at radius 2 is 1.84 bits per heavy atom. The van der Waals surface area contributed by atoms with Crippen LogP contribution in [0.25, 0.3) is 0 Å². The zero-order chi connectivity index (χ0) is 18.6. The lowest BCUT2D eigenvalue weighted by Crippen LogP contribution is -2.47. The molecule has 0 spiro atoms. The van der Waals surface area contributed by atoms with E-state index in [1.807, 2.05) is 19.1 Å². The zero-order valence-electron chi connectivity index (χ0n) is 12.9. The van der Waals surface area contributed by atoms with Gasteiger partial charge in [0, 0.05) is 11.6 Å². The third kappa shape index (κ3) is 5.79. The Kier molecular flexibility index (Phi) is 6.59. The van der Waals surface area contributed by atoms with Gasteiger partial charge in [-0.25, -0.2) is 0 Å². The van der Waals surface area contributed by atoms with E-state index in [0.717, 1.165) is 5.56 Å². The maximum Gasteiger partial charge on any atom is 0.273 e. The van der Waals surface area contributed by atoms with Gasteiger partial charge in [0.25, 0.3) is 11.6 Å². The normalized spacial score (nSPS) is 12.3. The summed E-state index contributed by atoms with van der Waals surface area (Å²) in [5.74, 6) is -0.107. The standard InChI is InChI=1S/C16H13Br3N2O4/c1-10-5-7-11(8-6-10)14(22)20-15(16(17,18)19)25-13-4-2-3-12(9-13)21(23)24/h2-9,15H,1H3,(H,20,22)/t15-/m0/s1. The summed E-state index contributed by atoms with van der Waals surface area (Å²) in [6.45, 7) is 1.93. The Bertz CT molecular complexity index is 776. The Labute approximate surface area is 169 Å². The Morgan fingerprint density at radius 1 is 1.20 bits per heavy atom. The second-order valence-corrected chi connectivity index (χ2v) is 12.1. The molecule has 0 saturated heterocycles. The van der Waals surface area contributed by atoms with Gasteiger partial charge in [-0.15, -0.1) is 0 Å². The number of nitrogens with zero attached hydrogens (tertiary/aromatic N) is 1. The van der Waals surface area contributed by atoms with E-state index in [4.69, 9.17) is 4.74 Å². The molecule has 0 fully saturated rings. The Balaban J connectivity index is 2.19. The molecule has 0 radical (unpaired) electrons. The predicted molar refractivity (Wildman–Crippen MR) is 106 cm³/mol. The summed E-state index contributed by atoms with van der Waals surface area (Å²) in [7, 11) is 0. The number of nitro benzene ring substituents is 1. The van der Waals surface area contributed by atoms with Gasteiger partial charge in [-0.3, -0.25) is 14.9 Å². The number of carbonyl (C=O) groups is 1. The zero-order valence-corrected chi connectivity index (χ0v) is 17.7. The van der Waals surface area contributed by atoms with E-state index in [1.165, 1.54) is 18.2 Å². The van der Waals surface area contributed by atoms with E-state index in [9.17, 15) is 14.9 Å². The number of nitro groups is 1. The van der Waals surface area contributed by atoms with Crippen LogP contribution in [0.15, 0.2) is 48.5 Å². The van der Waals surface area contributed by atoms with Crippen LogP contribution in [-0.2, 0) is 0 Å². The molecule has 2 aromatic rings. The molecule has 6 nitrogen and oxygen atoms in total. The first kappa shape index (κ1) is 19.9. The molecule has 0 saturated carbocycles. The van der Waals surface area contributed by atoms with E-state index in [2.05, 4.69) is 53.1 Å². The van der Waals surface area contributed by atoms with Crippen LogP contribution in [0.4, 0.5) is 5.69 Å². The first-order valence-electron chi connectivity index (χ1n) is 7.02. The van der Waals surface area contributed by atoms with Crippen LogP contribution >= 0.6 is 47.8 Å². The Hall–Kier alpha value is -1.45. The Morgan fingerprint density at radius 3 is 2.40 bits per heavy atom. The topological polar surface area (TPSA) is 81.5 Å². The van der Waals surface area contributed by atoms with Gasteiger partial charge in [0.1, 0.15) is 5.75 Å². The maximum atomic E-state index is 12.4. The first-order chi connectivity index (χ1) is 11.7. The summed E-state index contributed by atoms with van der Waals surface area (Å²) in [6.07, 6.45) is -0.900. The lowest BCUT2D eigenvalue weighted by Gasteiger charge is -2.27.